The lowest BCUT2D eigenvalue weighted by molar-refractivity contribution is -0.905. The molecule has 0 saturated heterocycles. The van der Waals surface area contributed by atoms with E-state index in [0.29, 0.717) is 0 Å². The van der Waals surface area contributed by atoms with E-state index < -0.39 is 3.79 Å². The van der Waals surface area contributed by atoms with Crippen LogP contribution in [0, 0.1) is 0 Å². The number of alkyl halides is 3. The highest BCUT2D eigenvalue weighted by atomic mass is 35.6. The first-order valence-electron chi connectivity index (χ1n) is 7.01. The molecule has 0 aromatic heterocycles. The first kappa shape index (κ1) is 18.1. The molecule has 1 aromatic rings. The van der Waals surface area contributed by atoms with Crippen LogP contribution in [-0.4, -0.2) is 41.5 Å². The summed E-state index contributed by atoms with van der Waals surface area (Å²) in [6.45, 7) is 8.42. The molecular formula is C15H24Cl3N2+. The maximum atomic E-state index is 6.11. The first-order chi connectivity index (χ1) is 9.32. The van der Waals surface area contributed by atoms with E-state index in [9.17, 15) is 0 Å². The van der Waals surface area contributed by atoms with Gasteiger partial charge in [-0.3, -0.25) is 0 Å². The zero-order chi connectivity index (χ0) is 15.2. The second-order valence-electron chi connectivity index (χ2n) is 5.31. The van der Waals surface area contributed by atoms with E-state index in [4.69, 9.17) is 34.8 Å². The van der Waals surface area contributed by atoms with Crippen LogP contribution in [0.3, 0.4) is 0 Å². The topological polar surface area (TPSA) is 12.0 Å². The predicted molar refractivity (Wildman–Crippen MR) is 89.6 cm³/mol. The highest BCUT2D eigenvalue weighted by Crippen LogP contribution is 2.39. The maximum absolute atomic E-state index is 6.11. The van der Waals surface area contributed by atoms with E-state index in [1.165, 1.54) is 0 Å². The Morgan fingerprint density at radius 2 is 1.65 bits per heavy atom. The minimum Gasteiger partial charge on any atom is -0.325 e. The Morgan fingerprint density at radius 3 is 2.10 bits per heavy atom. The van der Waals surface area contributed by atoms with Crippen molar-refractivity contribution in [1.82, 2.24) is 5.32 Å². The molecule has 0 aliphatic heterocycles. The molecule has 0 fully saturated rings. The minimum atomic E-state index is -1.36. The fourth-order valence-corrected chi connectivity index (χ4v) is 2.70. The van der Waals surface area contributed by atoms with Gasteiger partial charge in [0.2, 0.25) is 3.79 Å². The van der Waals surface area contributed by atoms with Crippen LogP contribution >= 0.6 is 34.8 Å². The zero-order valence-corrected chi connectivity index (χ0v) is 14.6. The summed E-state index contributed by atoms with van der Waals surface area (Å²) in [6.07, 6.45) is 0. The molecule has 5 heteroatoms. The quantitative estimate of drug-likeness (QED) is 0.581. The summed E-state index contributed by atoms with van der Waals surface area (Å²) in [5, 5.41) is 3.39. The molecular weight excluding hydrogens is 315 g/mol. The molecule has 20 heavy (non-hydrogen) atoms. The molecule has 0 saturated carbocycles. The standard InChI is InChI=1S/C15H24Cl3N2/c1-4-20(3,5-2)12-11-19-14(15(16,17)18)13-9-7-6-8-10-13/h6-10,14,19H,4-5,11-12H2,1-3H3/q+1. The van der Waals surface area contributed by atoms with Crippen LogP contribution in [0.25, 0.3) is 0 Å². The van der Waals surface area contributed by atoms with Gasteiger partial charge in [-0.05, 0) is 19.4 Å². The number of hydrogen-bond donors (Lipinski definition) is 1. The van der Waals surface area contributed by atoms with Gasteiger partial charge < -0.3 is 9.80 Å². The van der Waals surface area contributed by atoms with Gasteiger partial charge in [0.15, 0.2) is 0 Å². The molecule has 0 amide bonds. The van der Waals surface area contributed by atoms with Crippen LogP contribution in [0.1, 0.15) is 25.5 Å². The monoisotopic (exact) mass is 337 g/mol. The summed E-state index contributed by atoms with van der Waals surface area (Å²) in [7, 11) is 2.24. The summed E-state index contributed by atoms with van der Waals surface area (Å²) in [5.74, 6) is 0. The molecule has 1 unspecified atom stereocenters. The Kier molecular flexibility index (Phi) is 7.10. The van der Waals surface area contributed by atoms with Crippen LogP contribution in [0.15, 0.2) is 30.3 Å². The highest BCUT2D eigenvalue weighted by molar-refractivity contribution is 6.68. The lowest BCUT2D eigenvalue weighted by atomic mass is 10.1. The highest BCUT2D eigenvalue weighted by Gasteiger charge is 2.33. The lowest BCUT2D eigenvalue weighted by Crippen LogP contribution is -2.48. The Bertz CT molecular complexity index is 386. The van der Waals surface area contributed by atoms with Gasteiger partial charge in [0.1, 0.15) is 0 Å². The van der Waals surface area contributed by atoms with Crippen LogP contribution in [0.2, 0.25) is 0 Å². The van der Waals surface area contributed by atoms with Gasteiger partial charge in [0.05, 0.1) is 32.7 Å². The van der Waals surface area contributed by atoms with Crippen molar-refractivity contribution in [2.75, 3.05) is 33.2 Å². The van der Waals surface area contributed by atoms with E-state index in [1.807, 2.05) is 30.3 Å². The summed E-state index contributed by atoms with van der Waals surface area (Å²) in [4.78, 5) is 0. The number of halogens is 3. The van der Waals surface area contributed by atoms with Crippen molar-refractivity contribution in [3.05, 3.63) is 35.9 Å². The normalized spacial score (nSPS) is 14.3. The Morgan fingerprint density at radius 1 is 1.10 bits per heavy atom. The average molecular weight is 339 g/mol. The lowest BCUT2D eigenvalue weighted by Gasteiger charge is -2.34. The predicted octanol–water partition coefficient (Wildman–Crippen LogP) is 4.17. The molecule has 114 valence electrons. The zero-order valence-electron chi connectivity index (χ0n) is 12.4. The Balaban J connectivity index is 2.69. The SMILES string of the molecule is CC[N+](C)(CC)CCNC(c1ccccc1)C(Cl)(Cl)Cl. The summed E-state index contributed by atoms with van der Waals surface area (Å²) in [5.41, 5.74) is 0.995. The number of nitrogens with one attached hydrogen (secondary N) is 1. The molecule has 0 bridgehead atoms. The molecule has 1 atom stereocenters. The maximum Gasteiger partial charge on any atom is 0.209 e. The fraction of sp³-hybridized carbons (Fsp3) is 0.600. The minimum absolute atomic E-state index is 0.295. The second-order valence-corrected chi connectivity index (χ2v) is 7.68. The average Bonchev–Trinajstić information content (AvgIpc) is 2.43. The number of likely N-dealkylation sites (N-methyl/N-ethyl adjacent to an activating group) is 1. The van der Waals surface area contributed by atoms with Crippen LogP contribution in [0.4, 0.5) is 0 Å². The second kappa shape index (κ2) is 7.86. The van der Waals surface area contributed by atoms with Gasteiger partial charge >= 0.3 is 0 Å². The van der Waals surface area contributed by atoms with Gasteiger partial charge in [0.25, 0.3) is 0 Å². The first-order valence-corrected chi connectivity index (χ1v) is 8.14. The molecule has 0 spiro atoms. The number of hydrogen-bond acceptors (Lipinski definition) is 1. The van der Waals surface area contributed by atoms with Crippen LogP contribution < -0.4 is 5.32 Å². The molecule has 0 radical (unpaired) electrons. The number of nitrogens with zero attached hydrogens (tertiary/aromatic N) is 1. The number of benzene rings is 1. The van der Waals surface area contributed by atoms with Crippen molar-refractivity contribution >= 4 is 34.8 Å². The van der Waals surface area contributed by atoms with Crippen molar-refractivity contribution in [3.8, 4) is 0 Å². The van der Waals surface area contributed by atoms with Gasteiger partial charge in [-0.15, -0.1) is 0 Å². The van der Waals surface area contributed by atoms with Crippen molar-refractivity contribution in [2.24, 2.45) is 0 Å². The largest absolute Gasteiger partial charge is 0.325 e. The van der Waals surface area contributed by atoms with Crippen LogP contribution in [-0.2, 0) is 0 Å². The Labute approximate surface area is 137 Å². The van der Waals surface area contributed by atoms with Gasteiger partial charge in [0, 0.05) is 6.54 Å². The van der Waals surface area contributed by atoms with Crippen molar-refractivity contribution < 1.29 is 4.48 Å². The fourth-order valence-electron chi connectivity index (χ4n) is 2.09. The van der Waals surface area contributed by atoms with E-state index in [0.717, 1.165) is 36.2 Å². The molecule has 0 aliphatic carbocycles. The summed E-state index contributed by atoms with van der Waals surface area (Å²) >= 11 is 18.3. The molecule has 0 aliphatic rings. The summed E-state index contributed by atoms with van der Waals surface area (Å²) < 4.78 is -0.350. The molecule has 1 rings (SSSR count). The third-order valence-electron chi connectivity index (χ3n) is 3.99. The third kappa shape index (κ3) is 5.42. The van der Waals surface area contributed by atoms with Crippen molar-refractivity contribution in [3.63, 3.8) is 0 Å². The Hall–Kier alpha value is 0.01000. The number of rotatable bonds is 7. The van der Waals surface area contributed by atoms with Crippen LogP contribution in [0.5, 0.6) is 0 Å². The molecule has 2 nitrogen and oxygen atoms in total. The van der Waals surface area contributed by atoms with Gasteiger partial charge in [-0.2, -0.15) is 0 Å². The van der Waals surface area contributed by atoms with Gasteiger partial charge in [-0.1, -0.05) is 65.1 Å². The van der Waals surface area contributed by atoms with E-state index >= 15 is 0 Å². The molecule has 0 heterocycles. The summed E-state index contributed by atoms with van der Waals surface area (Å²) in [6, 6.07) is 9.54. The third-order valence-corrected chi connectivity index (χ3v) is 4.64. The molecule has 1 aromatic carbocycles. The molecule has 1 N–H and O–H groups in total. The van der Waals surface area contributed by atoms with Crippen molar-refractivity contribution in [2.45, 2.75) is 23.7 Å². The van der Waals surface area contributed by atoms with Crippen molar-refractivity contribution in [1.29, 1.82) is 0 Å². The van der Waals surface area contributed by atoms with E-state index in [1.54, 1.807) is 0 Å². The number of quaternary nitrogens is 1. The van der Waals surface area contributed by atoms with Gasteiger partial charge in [-0.25, -0.2) is 0 Å². The smallest absolute Gasteiger partial charge is 0.209 e. The van der Waals surface area contributed by atoms with E-state index in [2.05, 4.69) is 26.2 Å². The van der Waals surface area contributed by atoms with E-state index in [-0.39, 0.29) is 6.04 Å².